The van der Waals surface area contributed by atoms with E-state index in [1.54, 1.807) is 24.3 Å². The van der Waals surface area contributed by atoms with Crippen LogP contribution in [0.3, 0.4) is 0 Å². The molecule has 7 nitrogen and oxygen atoms in total. The molecule has 4 rings (SSSR count). The molecule has 0 aromatic heterocycles. The maximum Gasteiger partial charge on any atom is 0.416 e. The lowest BCUT2D eigenvalue weighted by Crippen LogP contribution is -2.35. The van der Waals surface area contributed by atoms with Crippen LogP contribution in [-0.4, -0.2) is 29.6 Å². The third-order valence-corrected chi connectivity index (χ3v) is 7.24. The van der Waals surface area contributed by atoms with Gasteiger partial charge >= 0.3 is 18.2 Å². The van der Waals surface area contributed by atoms with Gasteiger partial charge in [0.15, 0.2) is 0 Å². The van der Waals surface area contributed by atoms with Crippen molar-refractivity contribution in [1.29, 1.82) is 0 Å². The van der Waals surface area contributed by atoms with Gasteiger partial charge in [-0.25, -0.2) is 9.18 Å². The number of carbonyl (C=O) groups excluding carboxylic acids is 2. The zero-order chi connectivity index (χ0) is 30.3. The molecule has 1 saturated carbocycles. The number of nitrogens with zero attached hydrogens (tertiary/aromatic N) is 1. The fourth-order valence-electron chi connectivity index (χ4n) is 4.95. The van der Waals surface area contributed by atoms with E-state index in [9.17, 15) is 31.9 Å². The number of rotatable bonds is 9. The number of aliphatic carboxylic acids is 1. The summed E-state index contributed by atoms with van der Waals surface area (Å²) in [5, 5.41) is 13.5. The molecule has 0 heterocycles. The highest BCUT2D eigenvalue weighted by Crippen LogP contribution is 2.34. The second kappa shape index (κ2) is 13.5. The summed E-state index contributed by atoms with van der Waals surface area (Å²) in [6.07, 6.45) is 0.720. The molecule has 42 heavy (non-hydrogen) atoms. The Bertz CT molecular complexity index is 1400. The second-order valence-corrected chi connectivity index (χ2v) is 10.2. The fraction of sp³-hybridized carbons (Fsp3) is 0.323. The van der Waals surface area contributed by atoms with Crippen molar-refractivity contribution in [3.8, 4) is 0 Å². The SMILES string of the molecule is O=C(O)CCNC(=O)c1ccc(CN(C(=O)Nc2cc(C(F)(F)F)ccc2F)c2ccc(C3CCCCC3)cc2)cc1. The lowest BCUT2D eigenvalue weighted by molar-refractivity contribution is -0.138. The molecular weight excluding hydrogens is 554 g/mol. The van der Waals surface area contributed by atoms with Gasteiger partial charge in [-0.3, -0.25) is 14.5 Å². The fourth-order valence-corrected chi connectivity index (χ4v) is 4.95. The van der Waals surface area contributed by atoms with Gasteiger partial charge in [-0.05, 0) is 72.4 Å². The molecule has 0 radical (unpaired) electrons. The summed E-state index contributed by atoms with van der Waals surface area (Å²) >= 11 is 0. The summed E-state index contributed by atoms with van der Waals surface area (Å²) in [6.45, 7) is -0.0665. The normalized spacial score (nSPS) is 13.8. The number of hydrogen-bond donors (Lipinski definition) is 3. The lowest BCUT2D eigenvalue weighted by atomic mass is 9.84. The van der Waals surface area contributed by atoms with Crippen molar-refractivity contribution >= 4 is 29.3 Å². The third kappa shape index (κ3) is 8.08. The van der Waals surface area contributed by atoms with E-state index in [4.69, 9.17) is 5.11 Å². The number of nitrogens with one attached hydrogen (secondary N) is 2. The summed E-state index contributed by atoms with van der Waals surface area (Å²) < 4.78 is 54.1. The van der Waals surface area contributed by atoms with Gasteiger partial charge in [0.05, 0.1) is 24.2 Å². The Morgan fingerprint density at radius 1 is 0.905 bits per heavy atom. The quantitative estimate of drug-likeness (QED) is 0.229. The average molecular weight is 586 g/mol. The topological polar surface area (TPSA) is 98.7 Å². The Morgan fingerprint density at radius 3 is 2.19 bits per heavy atom. The van der Waals surface area contributed by atoms with Crippen LogP contribution in [0.25, 0.3) is 0 Å². The first-order valence-corrected chi connectivity index (χ1v) is 13.7. The van der Waals surface area contributed by atoms with Crippen molar-refractivity contribution in [2.75, 3.05) is 16.8 Å². The molecule has 0 saturated heterocycles. The number of hydrogen-bond acceptors (Lipinski definition) is 3. The van der Waals surface area contributed by atoms with Crippen molar-refractivity contribution in [2.45, 2.75) is 57.2 Å². The number of carbonyl (C=O) groups is 3. The van der Waals surface area contributed by atoms with E-state index >= 15 is 0 Å². The molecule has 3 aromatic carbocycles. The monoisotopic (exact) mass is 585 g/mol. The van der Waals surface area contributed by atoms with E-state index in [2.05, 4.69) is 10.6 Å². The van der Waals surface area contributed by atoms with Gasteiger partial charge < -0.3 is 15.7 Å². The van der Waals surface area contributed by atoms with E-state index < -0.39 is 41.2 Å². The first kappa shape index (κ1) is 30.5. The van der Waals surface area contributed by atoms with Crippen LogP contribution < -0.4 is 15.5 Å². The van der Waals surface area contributed by atoms with E-state index in [0.29, 0.717) is 35.4 Å². The molecule has 0 unspecified atom stereocenters. The van der Waals surface area contributed by atoms with Gasteiger partial charge in [0.2, 0.25) is 0 Å². The Morgan fingerprint density at radius 2 is 1.57 bits per heavy atom. The molecule has 0 bridgehead atoms. The number of amides is 3. The van der Waals surface area contributed by atoms with Gasteiger partial charge in [0.1, 0.15) is 5.82 Å². The van der Waals surface area contributed by atoms with Crippen LogP contribution in [0.2, 0.25) is 0 Å². The van der Waals surface area contributed by atoms with E-state index in [-0.39, 0.29) is 25.1 Å². The number of anilines is 2. The van der Waals surface area contributed by atoms with Crippen molar-refractivity contribution in [3.05, 3.63) is 94.8 Å². The number of alkyl halides is 3. The Hall–Kier alpha value is -4.41. The maximum atomic E-state index is 14.5. The number of carboxylic acids is 1. The molecule has 1 fully saturated rings. The predicted molar refractivity (Wildman–Crippen MR) is 150 cm³/mol. The molecule has 3 N–H and O–H groups in total. The highest BCUT2D eigenvalue weighted by atomic mass is 19.4. The summed E-state index contributed by atoms with van der Waals surface area (Å²) in [5.41, 5.74) is 0.763. The Labute approximate surface area is 240 Å². The summed E-state index contributed by atoms with van der Waals surface area (Å²) in [7, 11) is 0. The smallest absolute Gasteiger partial charge is 0.416 e. The maximum absolute atomic E-state index is 14.5. The molecule has 1 aliphatic rings. The number of benzene rings is 3. The minimum absolute atomic E-state index is 0.0316. The van der Waals surface area contributed by atoms with Gasteiger partial charge in [-0.2, -0.15) is 13.2 Å². The van der Waals surface area contributed by atoms with E-state index in [1.807, 2.05) is 12.1 Å². The van der Waals surface area contributed by atoms with Crippen molar-refractivity contribution in [2.24, 2.45) is 0 Å². The highest BCUT2D eigenvalue weighted by molar-refractivity contribution is 6.02. The van der Waals surface area contributed by atoms with Gasteiger partial charge in [-0.15, -0.1) is 0 Å². The molecule has 11 heteroatoms. The van der Waals surface area contributed by atoms with E-state index in [1.165, 1.54) is 23.5 Å². The third-order valence-electron chi connectivity index (χ3n) is 7.24. The first-order valence-electron chi connectivity index (χ1n) is 13.7. The minimum atomic E-state index is -4.72. The molecule has 3 aromatic rings. The second-order valence-electron chi connectivity index (χ2n) is 10.2. The predicted octanol–water partition coefficient (Wildman–Crippen LogP) is 7.34. The van der Waals surface area contributed by atoms with Crippen LogP contribution >= 0.6 is 0 Å². The Balaban J connectivity index is 1.57. The van der Waals surface area contributed by atoms with Crippen LogP contribution in [0.1, 0.15) is 71.5 Å². The van der Waals surface area contributed by atoms with Crippen molar-refractivity contribution in [3.63, 3.8) is 0 Å². The summed E-state index contributed by atoms with van der Waals surface area (Å²) in [6, 6.07) is 14.6. The molecule has 3 amide bonds. The minimum Gasteiger partial charge on any atom is -0.481 e. The van der Waals surface area contributed by atoms with Crippen LogP contribution in [-0.2, 0) is 17.5 Å². The van der Waals surface area contributed by atoms with Crippen LogP contribution in [0, 0.1) is 5.82 Å². The molecular formula is C31H31F4N3O4. The zero-order valence-corrected chi connectivity index (χ0v) is 22.7. The van der Waals surface area contributed by atoms with Crippen LogP contribution in [0.4, 0.5) is 33.7 Å². The largest absolute Gasteiger partial charge is 0.481 e. The van der Waals surface area contributed by atoms with Crippen molar-refractivity contribution in [1.82, 2.24) is 5.32 Å². The average Bonchev–Trinajstić information content (AvgIpc) is 2.97. The summed E-state index contributed by atoms with van der Waals surface area (Å²) in [4.78, 5) is 37.7. The number of halogens is 4. The van der Waals surface area contributed by atoms with E-state index in [0.717, 1.165) is 31.2 Å². The lowest BCUT2D eigenvalue weighted by Gasteiger charge is -2.26. The standard InChI is InChI=1S/C31H31F4N3O4/c32-26-15-12-24(31(33,34)35)18-27(26)37-30(42)38(25-13-10-22(11-14-25)21-4-2-1-3-5-21)19-20-6-8-23(9-7-20)29(41)36-17-16-28(39)40/h6-15,18,21H,1-5,16-17,19H2,(H,36,41)(H,37,42)(H,39,40). The zero-order valence-electron chi connectivity index (χ0n) is 22.7. The van der Waals surface area contributed by atoms with Crippen molar-refractivity contribution < 1.29 is 37.1 Å². The number of carboxylic acid groups (broad SMARTS) is 1. The molecule has 222 valence electrons. The van der Waals surface area contributed by atoms with Gasteiger partial charge in [0.25, 0.3) is 5.91 Å². The Kier molecular flexibility index (Phi) is 9.82. The molecule has 0 aliphatic heterocycles. The molecule has 0 spiro atoms. The summed E-state index contributed by atoms with van der Waals surface area (Å²) in [5.74, 6) is -2.10. The van der Waals surface area contributed by atoms with Gasteiger partial charge in [0, 0.05) is 17.8 Å². The highest BCUT2D eigenvalue weighted by Gasteiger charge is 2.31. The van der Waals surface area contributed by atoms with Crippen LogP contribution in [0.5, 0.6) is 0 Å². The van der Waals surface area contributed by atoms with Gasteiger partial charge in [-0.1, -0.05) is 43.5 Å². The van der Waals surface area contributed by atoms with Crippen LogP contribution in [0.15, 0.2) is 66.7 Å². The molecule has 1 aliphatic carbocycles. The number of urea groups is 1. The first-order chi connectivity index (χ1) is 20.0. The molecule has 0 atom stereocenters.